The topological polar surface area (TPSA) is 80.7 Å². The van der Waals surface area contributed by atoms with Crippen LogP contribution < -0.4 is 10.5 Å². The Balaban J connectivity index is 2.35. The van der Waals surface area contributed by atoms with Crippen molar-refractivity contribution in [2.24, 2.45) is 10.9 Å². The zero-order chi connectivity index (χ0) is 13.8. The molecule has 0 fully saturated rings. The van der Waals surface area contributed by atoms with E-state index in [1.54, 1.807) is 12.1 Å². The van der Waals surface area contributed by atoms with Crippen molar-refractivity contribution in [3.05, 3.63) is 52.9 Å². The molecule has 0 spiro atoms. The van der Waals surface area contributed by atoms with E-state index in [9.17, 15) is 4.39 Å². The lowest BCUT2D eigenvalue weighted by Crippen LogP contribution is -2.14. The van der Waals surface area contributed by atoms with Gasteiger partial charge >= 0.3 is 0 Å². The molecular formula is C12H9ClFN3O2. The van der Waals surface area contributed by atoms with Gasteiger partial charge in [-0.3, -0.25) is 0 Å². The second-order valence-corrected chi connectivity index (χ2v) is 3.93. The van der Waals surface area contributed by atoms with E-state index in [0.29, 0.717) is 5.56 Å². The maximum atomic E-state index is 13.3. The molecule has 0 aliphatic rings. The molecule has 0 bridgehead atoms. The van der Waals surface area contributed by atoms with Gasteiger partial charge in [-0.15, -0.1) is 0 Å². The molecule has 19 heavy (non-hydrogen) atoms. The molecule has 0 saturated carbocycles. The molecule has 0 atom stereocenters. The second kappa shape index (κ2) is 5.53. The largest absolute Gasteiger partial charge is 0.438 e. The van der Waals surface area contributed by atoms with E-state index in [-0.39, 0.29) is 22.5 Å². The summed E-state index contributed by atoms with van der Waals surface area (Å²) in [5, 5.41) is 11.5. The number of benzene rings is 1. The maximum Gasteiger partial charge on any atom is 0.230 e. The van der Waals surface area contributed by atoms with Crippen molar-refractivity contribution in [3.63, 3.8) is 0 Å². The highest BCUT2D eigenvalue weighted by molar-refractivity contribution is 6.30. The van der Waals surface area contributed by atoms with Crippen molar-refractivity contribution in [2.75, 3.05) is 0 Å². The highest BCUT2D eigenvalue weighted by atomic mass is 35.5. The van der Waals surface area contributed by atoms with Crippen molar-refractivity contribution in [1.82, 2.24) is 4.98 Å². The Kier molecular flexibility index (Phi) is 3.82. The molecule has 0 unspecified atom stereocenters. The number of amidine groups is 1. The van der Waals surface area contributed by atoms with Crippen molar-refractivity contribution >= 4 is 17.4 Å². The van der Waals surface area contributed by atoms with Gasteiger partial charge in [0, 0.05) is 12.3 Å². The van der Waals surface area contributed by atoms with Gasteiger partial charge in [0.1, 0.15) is 11.6 Å². The molecule has 5 nitrogen and oxygen atoms in total. The average molecular weight is 282 g/mol. The van der Waals surface area contributed by atoms with Crippen molar-refractivity contribution < 1.29 is 14.3 Å². The minimum Gasteiger partial charge on any atom is -0.438 e. The Morgan fingerprint density at radius 2 is 2.21 bits per heavy atom. The molecule has 7 heteroatoms. The number of hydrogen-bond donors (Lipinski definition) is 2. The van der Waals surface area contributed by atoms with Crippen LogP contribution in [0.4, 0.5) is 4.39 Å². The Morgan fingerprint density at radius 1 is 1.42 bits per heavy atom. The highest BCUT2D eigenvalue weighted by Crippen LogP contribution is 2.26. The van der Waals surface area contributed by atoms with Gasteiger partial charge < -0.3 is 15.7 Å². The molecule has 1 aromatic heterocycles. The summed E-state index contributed by atoms with van der Waals surface area (Å²) in [6.45, 7) is 0. The van der Waals surface area contributed by atoms with Gasteiger partial charge in [0.15, 0.2) is 5.84 Å². The van der Waals surface area contributed by atoms with Crippen molar-refractivity contribution in [2.45, 2.75) is 0 Å². The van der Waals surface area contributed by atoms with Gasteiger partial charge in [-0.05, 0) is 24.3 Å². The van der Waals surface area contributed by atoms with Gasteiger partial charge in [0.25, 0.3) is 0 Å². The Bertz CT molecular complexity index is 634. The molecule has 2 rings (SSSR count). The zero-order valence-corrected chi connectivity index (χ0v) is 10.3. The first-order valence-corrected chi connectivity index (χ1v) is 5.55. The monoisotopic (exact) mass is 281 g/mol. The molecule has 1 heterocycles. The zero-order valence-electron chi connectivity index (χ0n) is 9.55. The number of hydrogen-bond acceptors (Lipinski definition) is 4. The molecule has 0 aliphatic carbocycles. The molecule has 0 saturated heterocycles. The van der Waals surface area contributed by atoms with Crippen LogP contribution in [0.25, 0.3) is 0 Å². The summed E-state index contributed by atoms with van der Waals surface area (Å²) in [6, 6.07) is 7.12. The van der Waals surface area contributed by atoms with E-state index in [4.69, 9.17) is 27.3 Å². The summed E-state index contributed by atoms with van der Waals surface area (Å²) in [4.78, 5) is 3.95. The average Bonchev–Trinajstić information content (AvgIpc) is 2.43. The van der Waals surface area contributed by atoms with E-state index >= 15 is 0 Å². The number of nitrogens with zero attached hydrogens (tertiary/aromatic N) is 2. The number of oxime groups is 1. The fourth-order valence-electron chi connectivity index (χ4n) is 1.37. The van der Waals surface area contributed by atoms with Crippen LogP contribution in [0.5, 0.6) is 11.6 Å². The lowest BCUT2D eigenvalue weighted by atomic mass is 10.2. The minimum atomic E-state index is -0.611. The van der Waals surface area contributed by atoms with Crippen LogP contribution in [0, 0.1) is 5.82 Å². The molecule has 0 amide bonds. The van der Waals surface area contributed by atoms with Crippen LogP contribution in [0.2, 0.25) is 5.02 Å². The predicted octanol–water partition coefficient (Wildman–Crippen LogP) is 2.76. The summed E-state index contributed by atoms with van der Waals surface area (Å²) in [6.07, 6.45) is 1.47. The van der Waals surface area contributed by atoms with E-state index < -0.39 is 5.82 Å². The predicted molar refractivity (Wildman–Crippen MR) is 68.2 cm³/mol. The first kappa shape index (κ1) is 13.1. The Labute approximate surface area is 113 Å². The number of ether oxygens (including phenoxy) is 1. The number of aromatic nitrogens is 1. The first-order valence-electron chi connectivity index (χ1n) is 5.17. The quantitative estimate of drug-likeness (QED) is 0.392. The van der Waals surface area contributed by atoms with Gasteiger partial charge in [-0.25, -0.2) is 9.37 Å². The third kappa shape index (κ3) is 2.92. The summed E-state index contributed by atoms with van der Waals surface area (Å²) in [7, 11) is 0. The third-order valence-electron chi connectivity index (χ3n) is 2.26. The van der Waals surface area contributed by atoms with Crippen molar-refractivity contribution in [3.8, 4) is 11.6 Å². The second-order valence-electron chi connectivity index (χ2n) is 3.52. The van der Waals surface area contributed by atoms with Crippen LogP contribution in [-0.2, 0) is 0 Å². The van der Waals surface area contributed by atoms with Gasteiger partial charge in [-0.2, -0.15) is 0 Å². The van der Waals surface area contributed by atoms with Crippen LogP contribution in [0.15, 0.2) is 41.7 Å². The normalized spacial score (nSPS) is 11.4. The first-order chi connectivity index (χ1) is 9.11. The van der Waals surface area contributed by atoms with E-state index in [1.807, 2.05) is 0 Å². The van der Waals surface area contributed by atoms with E-state index in [1.165, 1.54) is 18.3 Å². The Hall–Kier alpha value is -2.34. The van der Waals surface area contributed by atoms with Gasteiger partial charge in [0.05, 0.1) is 10.6 Å². The standard InChI is InChI=1S/C12H9ClFN3O2/c13-9-4-3-7(6-10(9)14)19-12-8(11(15)17-18)2-1-5-16-12/h1-6,18H,(H2,15,17). The van der Waals surface area contributed by atoms with Crippen LogP contribution in [-0.4, -0.2) is 16.0 Å². The van der Waals surface area contributed by atoms with E-state index in [2.05, 4.69) is 10.1 Å². The smallest absolute Gasteiger partial charge is 0.230 e. The summed E-state index contributed by atoms with van der Waals surface area (Å²) in [5.41, 5.74) is 5.78. The number of halogens is 2. The van der Waals surface area contributed by atoms with Crippen LogP contribution >= 0.6 is 11.6 Å². The molecule has 1 aromatic carbocycles. The van der Waals surface area contributed by atoms with Crippen LogP contribution in [0.3, 0.4) is 0 Å². The fraction of sp³-hybridized carbons (Fsp3) is 0. The van der Waals surface area contributed by atoms with Crippen molar-refractivity contribution in [1.29, 1.82) is 0 Å². The fourth-order valence-corrected chi connectivity index (χ4v) is 1.49. The van der Waals surface area contributed by atoms with E-state index in [0.717, 1.165) is 6.07 Å². The molecule has 2 aromatic rings. The SMILES string of the molecule is N/C(=N/O)c1cccnc1Oc1ccc(Cl)c(F)c1. The molecular weight excluding hydrogens is 273 g/mol. The Morgan fingerprint density at radius 3 is 2.89 bits per heavy atom. The third-order valence-corrected chi connectivity index (χ3v) is 2.57. The lowest BCUT2D eigenvalue weighted by Gasteiger charge is -2.08. The van der Waals surface area contributed by atoms with Crippen LogP contribution in [0.1, 0.15) is 5.56 Å². The van der Waals surface area contributed by atoms with Gasteiger partial charge in [-0.1, -0.05) is 16.8 Å². The molecule has 98 valence electrons. The number of rotatable bonds is 3. The summed E-state index contributed by atoms with van der Waals surface area (Å²) >= 11 is 5.57. The molecule has 0 radical (unpaired) electrons. The van der Waals surface area contributed by atoms with Gasteiger partial charge in [0.2, 0.25) is 5.88 Å². The summed E-state index contributed by atoms with van der Waals surface area (Å²) < 4.78 is 18.7. The lowest BCUT2D eigenvalue weighted by molar-refractivity contribution is 0.318. The summed E-state index contributed by atoms with van der Waals surface area (Å²) in [5.74, 6) is -0.468. The number of nitrogens with two attached hydrogens (primary N) is 1. The highest BCUT2D eigenvalue weighted by Gasteiger charge is 2.11. The molecule has 3 N–H and O–H groups in total. The maximum absolute atomic E-state index is 13.3. The minimum absolute atomic E-state index is 0.00923. The number of pyridine rings is 1. The molecule has 0 aliphatic heterocycles.